The lowest BCUT2D eigenvalue weighted by Gasteiger charge is -2.04. The minimum Gasteiger partial charge on any atom is -0.383 e. The minimum absolute atomic E-state index is 0.626. The summed E-state index contributed by atoms with van der Waals surface area (Å²) in [6.45, 7) is 1.40. The second-order valence-electron chi connectivity index (χ2n) is 2.62. The van der Waals surface area contributed by atoms with Crippen LogP contribution in [0.4, 0.5) is 5.69 Å². The molecule has 68 valence electrons. The average molecular weight is 194 g/mol. The van der Waals surface area contributed by atoms with Gasteiger partial charge >= 0.3 is 0 Å². The first-order chi connectivity index (χ1) is 6.42. The fourth-order valence-electron chi connectivity index (χ4n) is 1.14. The predicted octanol–water partition coefficient (Wildman–Crippen LogP) is 1.06. The SMILES string of the molecule is NCCNc1ccnc2sncc12. The van der Waals surface area contributed by atoms with E-state index in [0.717, 1.165) is 22.4 Å². The van der Waals surface area contributed by atoms with Crippen LogP contribution in [-0.2, 0) is 0 Å². The molecule has 2 aromatic heterocycles. The van der Waals surface area contributed by atoms with E-state index < -0.39 is 0 Å². The highest BCUT2D eigenvalue weighted by molar-refractivity contribution is 7.12. The normalized spacial score (nSPS) is 10.5. The molecule has 0 unspecified atom stereocenters. The van der Waals surface area contributed by atoms with Crippen molar-refractivity contribution >= 4 is 27.4 Å². The molecular weight excluding hydrogens is 184 g/mol. The number of pyridine rings is 1. The van der Waals surface area contributed by atoms with E-state index in [4.69, 9.17) is 5.73 Å². The molecule has 0 aliphatic rings. The molecule has 0 spiro atoms. The molecule has 0 saturated carbocycles. The number of aromatic nitrogens is 2. The van der Waals surface area contributed by atoms with Gasteiger partial charge in [-0.15, -0.1) is 0 Å². The molecule has 0 amide bonds. The average Bonchev–Trinajstić information content (AvgIpc) is 2.62. The fourth-order valence-corrected chi connectivity index (χ4v) is 1.77. The summed E-state index contributed by atoms with van der Waals surface area (Å²) in [4.78, 5) is 5.15. The molecule has 0 bridgehead atoms. The van der Waals surface area contributed by atoms with Crippen LogP contribution in [0.1, 0.15) is 0 Å². The summed E-state index contributed by atoms with van der Waals surface area (Å²) >= 11 is 1.40. The first-order valence-corrected chi connectivity index (χ1v) is 4.82. The third kappa shape index (κ3) is 1.61. The van der Waals surface area contributed by atoms with Gasteiger partial charge in [-0.05, 0) is 17.6 Å². The molecule has 0 radical (unpaired) electrons. The second-order valence-corrected chi connectivity index (χ2v) is 3.40. The summed E-state index contributed by atoms with van der Waals surface area (Å²) in [5, 5.41) is 4.30. The van der Waals surface area contributed by atoms with E-state index in [-0.39, 0.29) is 0 Å². The van der Waals surface area contributed by atoms with Crippen LogP contribution in [0.3, 0.4) is 0 Å². The lowest BCUT2D eigenvalue weighted by molar-refractivity contribution is 1.03. The number of fused-ring (bicyclic) bond motifs is 1. The minimum atomic E-state index is 0.626. The fraction of sp³-hybridized carbons (Fsp3) is 0.250. The number of anilines is 1. The van der Waals surface area contributed by atoms with Gasteiger partial charge in [-0.1, -0.05) is 0 Å². The third-order valence-electron chi connectivity index (χ3n) is 1.73. The lowest BCUT2D eigenvalue weighted by Crippen LogP contribution is -2.13. The number of nitrogens with two attached hydrogens (primary N) is 1. The number of nitrogens with zero attached hydrogens (tertiary/aromatic N) is 2. The molecule has 5 heteroatoms. The van der Waals surface area contributed by atoms with Crippen LogP contribution in [0.15, 0.2) is 18.5 Å². The van der Waals surface area contributed by atoms with Gasteiger partial charge in [-0.25, -0.2) is 4.98 Å². The molecule has 0 aliphatic heterocycles. The maximum absolute atomic E-state index is 5.40. The summed E-state index contributed by atoms with van der Waals surface area (Å²) in [6.07, 6.45) is 3.60. The van der Waals surface area contributed by atoms with Crippen LogP contribution >= 0.6 is 11.5 Å². The van der Waals surface area contributed by atoms with Crippen molar-refractivity contribution in [3.05, 3.63) is 18.5 Å². The van der Waals surface area contributed by atoms with Crippen LogP contribution in [0.2, 0.25) is 0 Å². The highest BCUT2D eigenvalue weighted by Gasteiger charge is 2.01. The highest BCUT2D eigenvalue weighted by atomic mass is 32.1. The van der Waals surface area contributed by atoms with Crippen molar-refractivity contribution in [1.29, 1.82) is 0 Å². The molecule has 2 heterocycles. The zero-order valence-electron chi connectivity index (χ0n) is 7.03. The van der Waals surface area contributed by atoms with E-state index in [9.17, 15) is 0 Å². The second kappa shape index (κ2) is 3.68. The predicted molar refractivity (Wildman–Crippen MR) is 55.0 cm³/mol. The van der Waals surface area contributed by atoms with E-state index in [1.807, 2.05) is 12.3 Å². The Hall–Kier alpha value is -1.20. The molecule has 0 aromatic carbocycles. The van der Waals surface area contributed by atoms with Gasteiger partial charge in [0.15, 0.2) is 0 Å². The van der Waals surface area contributed by atoms with Crippen molar-refractivity contribution in [2.24, 2.45) is 5.73 Å². The van der Waals surface area contributed by atoms with Gasteiger partial charge in [0.2, 0.25) is 0 Å². The summed E-state index contributed by atoms with van der Waals surface area (Å²) in [5.41, 5.74) is 6.46. The summed E-state index contributed by atoms with van der Waals surface area (Å²) in [5.74, 6) is 0. The lowest BCUT2D eigenvalue weighted by atomic mass is 10.3. The molecule has 2 rings (SSSR count). The standard InChI is InChI=1S/C8H10N4S/c9-2-4-10-7-1-3-11-8-6(7)5-12-13-8/h1,3,5H,2,4,9H2,(H,10,11). The Morgan fingerprint density at radius 2 is 2.46 bits per heavy atom. The van der Waals surface area contributed by atoms with Gasteiger partial charge in [0.05, 0.1) is 11.6 Å². The molecule has 0 aliphatic carbocycles. The molecule has 0 saturated heterocycles. The van der Waals surface area contributed by atoms with Crippen molar-refractivity contribution in [3.63, 3.8) is 0 Å². The van der Waals surface area contributed by atoms with Crippen LogP contribution in [-0.4, -0.2) is 22.4 Å². The highest BCUT2D eigenvalue weighted by Crippen LogP contribution is 2.23. The van der Waals surface area contributed by atoms with Crippen LogP contribution in [0.25, 0.3) is 10.2 Å². The van der Waals surface area contributed by atoms with Crippen LogP contribution < -0.4 is 11.1 Å². The van der Waals surface area contributed by atoms with E-state index in [1.54, 1.807) is 6.20 Å². The Bertz CT molecular complexity index is 398. The summed E-state index contributed by atoms with van der Waals surface area (Å²) < 4.78 is 4.08. The monoisotopic (exact) mass is 194 g/mol. The Balaban J connectivity index is 2.37. The summed E-state index contributed by atoms with van der Waals surface area (Å²) in [7, 11) is 0. The van der Waals surface area contributed by atoms with E-state index in [2.05, 4.69) is 14.7 Å². The van der Waals surface area contributed by atoms with Crippen LogP contribution in [0, 0.1) is 0 Å². The van der Waals surface area contributed by atoms with Crippen molar-refractivity contribution in [2.75, 3.05) is 18.4 Å². The Kier molecular flexibility index (Phi) is 2.37. The Morgan fingerprint density at radius 3 is 3.31 bits per heavy atom. The Labute approximate surface area is 80.0 Å². The smallest absolute Gasteiger partial charge is 0.145 e. The molecule has 4 nitrogen and oxygen atoms in total. The van der Waals surface area contributed by atoms with Gasteiger partial charge in [0.25, 0.3) is 0 Å². The van der Waals surface area contributed by atoms with E-state index in [1.165, 1.54) is 11.5 Å². The number of hydrogen-bond acceptors (Lipinski definition) is 5. The maximum atomic E-state index is 5.40. The van der Waals surface area contributed by atoms with Gasteiger partial charge in [-0.3, -0.25) is 0 Å². The van der Waals surface area contributed by atoms with Crippen molar-refractivity contribution < 1.29 is 0 Å². The topological polar surface area (TPSA) is 63.8 Å². The molecule has 0 atom stereocenters. The third-order valence-corrected chi connectivity index (χ3v) is 2.44. The Morgan fingerprint density at radius 1 is 1.54 bits per heavy atom. The van der Waals surface area contributed by atoms with E-state index in [0.29, 0.717) is 6.54 Å². The molecule has 3 N–H and O–H groups in total. The van der Waals surface area contributed by atoms with Crippen molar-refractivity contribution in [1.82, 2.24) is 9.36 Å². The largest absolute Gasteiger partial charge is 0.383 e. The maximum Gasteiger partial charge on any atom is 0.145 e. The molecule has 2 aromatic rings. The molecule has 13 heavy (non-hydrogen) atoms. The van der Waals surface area contributed by atoms with Crippen molar-refractivity contribution in [2.45, 2.75) is 0 Å². The first-order valence-electron chi connectivity index (χ1n) is 4.05. The zero-order valence-corrected chi connectivity index (χ0v) is 7.84. The van der Waals surface area contributed by atoms with Crippen molar-refractivity contribution in [3.8, 4) is 0 Å². The van der Waals surface area contributed by atoms with Crippen LogP contribution in [0.5, 0.6) is 0 Å². The van der Waals surface area contributed by atoms with Gasteiger partial charge in [0, 0.05) is 25.0 Å². The first kappa shape index (κ1) is 8.40. The van der Waals surface area contributed by atoms with Gasteiger partial charge in [0.1, 0.15) is 4.83 Å². The van der Waals surface area contributed by atoms with Gasteiger partial charge in [-0.2, -0.15) is 4.37 Å². The number of hydrogen-bond donors (Lipinski definition) is 2. The molecular formula is C8H10N4S. The van der Waals surface area contributed by atoms with Gasteiger partial charge < -0.3 is 11.1 Å². The summed E-state index contributed by atoms with van der Waals surface area (Å²) in [6, 6.07) is 1.94. The molecule has 0 fully saturated rings. The zero-order chi connectivity index (χ0) is 9.10. The quantitative estimate of drug-likeness (QED) is 0.767. The number of nitrogens with one attached hydrogen (secondary N) is 1. The van der Waals surface area contributed by atoms with E-state index >= 15 is 0 Å². The number of rotatable bonds is 3.